The van der Waals surface area contributed by atoms with Crippen LogP contribution < -0.4 is 9.47 Å². The second kappa shape index (κ2) is 14.0. The van der Waals surface area contributed by atoms with Crippen molar-refractivity contribution < 1.29 is 33.7 Å². The number of rotatable bonds is 15. The molecule has 0 atom stereocenters. The van der Waals surface area contributed by atoms with Crippen LogP contribution in [0.3, 0.4) is 0 Å². The lowest BCUT2D eigenvalue weighted by Crippen LogP contribution is -2.03. The fourth-order valence-corrected chi connectivity index (χ4v) is 4.49. The first-order chi connectivity index (χ1) is 19.4. The van der Waals surface area contributed by atoms with Gasteiger partial charge >= 0.3 is 11.9 Å². The molecule has 208 valence electrons. The van der Waals surface area contributed by atoms with E-state index in [0.29, 0.717) is 31.7 Å². The third kappa shape index (κ3) is 7.96. The number of aryl methyl sites for hydroxylation is 1. The standard InChI is InChI=1S/C32H32FNO6/c33-27-8-1-2-10-29(27)40-20-4-3-19-39-26-16-13-23(14-17-26)12-15-24-7-5-9-28-32(24)25(21-31(37)38)22-34(28)18-6-11-30(35)36/h1-2,5,7-10,12-17,22H,3-4,6,11,18-21H2,(H,35,36)(H,37,38). The van der Waals surface area contributed by atoms with Crippen LogP contribution >= 0.6 is 0 Å². The maximum atomic E-state index is 13.6. The molecule has 3 aromatic carbocycles. The van der Waals surface area contributed by atoms with Gasteiger partial charge in [0.1, 0.15) is 5.75 Å². The molecule has 7 nitrogen and oxygen atoms in total. The van der Waals surface area contributed by atoms with Crippen LogP contribution in [-0.4, -0.2) is 39.9 Å². The molecule has 0 saturated heterocycles. The molecule has 4 rings (SSSR count). The molecule has 0 fully saturated rings. The number of carboxylic acid groups (broad SMARTS) is 2. The lowest BCUT2D eigenvalue weighted by atomic mass is 10.0. The van der Waals surface area contributed by atoms with Gasteiger partial charge in [-0.05, 0) is 66.3 Å². The number of nitrogens with zero attached hydrogens (tertiary/aromatic N) is 1. The SMILES string of the molecule is O=C(O)CCCn1cc(CC(=O)O)c2c(C=Cc3ccc(OCCCCOc4ccccc4F)cc3)cccc21. The quantitative estimate of drug-likeness (QED) is 0.128. The lowest BCUT2D eigenvalue weighted by molar-refractivity contribution is -0.137. The maximum Gasteiger partial charge on any atom is 0.307 e. The Kier molecular flexibility index (Phi) is 9.93. The van der Waals surface area contributed by atoms with E-state index in [0.717, 1.165) is 40.6 Å². The second-order valence-corrected chi connectivity index (χ2v) is 9.39. The predicted molar refractivity (Wildman–Crippen MR) is 152 cm³/mol. The monoisotopic (exact) mass is 545 g/mol. The van der Waals surface area contributed by atoms with Crippen molar-refractivity contribution >= 4 is 35.0 Å². The van der Waals surface area contributed by atoms with Gasteiger partial charge in [0.2, 0.25) is 0 Å². The Morgan fingerprint density at radius 1 is 0.825 bits per heavy atom. The van der Waals surface area contributed by atoms with Crippen LogP contribution in [0.2, 0.25) is 0 Å². The molecular weight excluding hydrogens is 513 g/mol. The smallest absolute Gasteiger partial charge is 0.307 e. The molecule has 0 bridgehead atoms. The summed E-state index contributed by atoms with van der Waals surface area (Å²) in [7, 11) is 0. The first-order valence-electron chi connectivity index (χ1n) is 13.2. The van der Waals surface area contributed by atoms with Gasteiger partial charge < -0.3 is 24.3 Å². The number of unbranched alkanes of at least 4 members (excludes halogenated alkanes) is 1. The molecule has 2 N–H and O–H groups in total. The van der Waals surface area contributed by atoms with Gasteiger partial charge in [-0.3, -0.25) is 9.59 Å². The highest BCUT2D eigenvalue weighted by Crippen LogP contribution is 2.28. The van der Waals surface area contributed by atoms with E-state index in [4.69, 9.17) is 14.6 Å². The van der Waals surface area contributed by atoms with Crippen molar-refractivity contribution in [2.75, 3.05) is 13.2 Å². The van der Waals surface area contributed by atoms with Gasteiger partial charge in [0, 0.05) is 30.1 Å². The highest BCUT2D eigenvalue weighted by molar-refractivity contribution is 5.96. The first kappa shape index (κ1) is 28.4. The number of para-hydroxylation sites is 1. The molecule has 1 heterocycles. The molecule has 0 aliphatic rings. The third-order valence-electron chi connectivity index (χ3n) is 6.39. The number of benzene rings is 3. The van der Waals surface area contributed by atoms with E-state index in [9.17, 15) is 19.1 Å². The first-order valence-corrected chi connectivity index (χ1v) is 13.2. The van der Waals surface area contributed by atoms with Crippen LogP contribution in [0, 0.1) is 5.82 Å². The summed E-state index contributed by atoms with van der Waals surface area (Å²) in [6.45, 7) is 1.43. The number of hydrogen-bond donors (Lipinski definition) is 2. The maximum absolute atomic E-state index is 13.6. The van der Waals surface area contributed by atoms with Crippen LogP contribution in [-0.2, 0) is 22.6 Å². The minimum atomic E-state index is -0.920. The van der Waals surface area contributed by atoms with Crippen molar-refractivity contribution in [1.29, 1.82) is 0 Å². The van der Waals surface area contributed by atoms with Crippen molar-refractivity contribution in [3.05, 3.63) is 95.4 Å². The predicted octanol–water partition coefficient (Wildman–Crippen LogP) is 6.68. The largest absolute Gasteiger partial charge is 0.494 e. The fraction of sp³-hybridized carbons (Fsp3) is 0.250. The summed E-state index contributed by atoms with van der Waals surface area (Å²) < 4.78 is 26.8. The van der Waals surface area contributed by atoms with Crippen molar-refractivity contribution in [2.24, 2.45) is 0 Å². The average molecular weight is 546 g/mol. The Bertz CT molecular complexity index is 1470. The van der Waals surface area contributed by atoms with Gasteiger partial charge in [0.15, 0.2) is 11.6 Å². The molecule has 0 aliphatic carbocycles. The number of halogens is 1. The summed E-state index contributed by atoms with van der Waals surface area (Å²) in [6.07, 6.45) is 7.65. The van der Waals surface area contributed by atoms with Gasteiger partial charge in [0.05, 0.1) is 19.6 Å². The van der Waals surface area contributed by atoms with E-state index in [1.807, 2.05) is 65.4 Å². The number of fused-ring (bicyclic) bond motifs is 1. The molecule has 8 heteroatoms. The van der Waals surface area contributed by atoms with Crippen molar-refractivity contribution in [1.82, 2.24) is 4.57 Å². The van der Waals surface area contributed by atoms with E-state index in [-0.39, 0.29) is 24.4 Å². The number of aliphatic carboxylic acids is 2. The molecule has 0 unspecified atom stereocenters. The van der Waals surface area contributed by atoms with Crippen molar-refractivity contribution in [3.63, 3.8) is 0 Å². The summed E-state index contributed by atoms with van der Waals surface area (Å²) >= 11 is 0. The Labute approximate surface area is 232 Å². The summed E-state index contributed by atoms with van der Waals surface area (Å²) in [6, 6.07) is 19.8. The zero-order valence-electron chi connectivity index (χ0n) is 22.1. The molecular formula is C32H32FNO6. The zero-order chi connectivity index (χ0) is 28.3. The van der Waals surface area contributed by atoms with Crippen LogP contribution in [0.25, 0.3) is 23.1 Å². The Balaban J connectivity index is 1.35. The minimum Gasteiger partial charge on any atom is -0.494 e. The van der Waals surface area contributed by atoms with Crippen LogP contribution in [0.5, 0.6) is 11.5 Å². The molecule has 40 heavy (non-hydrogen) atoms. The van der Waals surface area contributed by atoms with Gasteiger partial charge in [0.25, 0.3) is 0 Å². The van der Waals surface area contributed by atoms with Crippen molar-refractivity contribution in [3.8, 4) is 11.5 Å². The summed E-state index contributed by atoms with van der Waals surface area (Å²) in [5, 5.41) is 19.3. The average Bonchev–Trinajstić information content (AvgIpc) is 3.28. The zero-order valence-corrected chi connectivity index (χ0v) is 22.1. The van der Waals surface area contributed by atoms with Gasteiger partial charge in [-0.2, -0.15) is 0 Å². The number of carbonyl (C=O) groups is 2. The summed E-state index contributed by atoms with van der Waals surface area (Å²) in [4.78, 5) is 22.4. The second-order valence-electron chi connectivity index (χ2n) is 9.39. The van der Waals surface area contributed by atoms with Crippen LogP contribution in [0.4, 0.5) is 4.39 Å². The Hall–Kier alpha value is -4.59. The Morgan fingerprint density at radius 3 is 2.30 bits per heavy atom. The minimum absolute atomic E-state index is 0.0527. The van der Waals surface area contributed by atoms with E-state index in [1.165, 1.54) is 6.07 Å². The molecule has 4 aromatic rings. The lowest BCUT2D eigenvalue weighted by Gasteiger charge is -2.08. The summed E-state index contributed by atoms with van der Waals surface area (Å²) in [5.74, 6) is -1.13. The topological polar surface area (TPSA) is 98.0 Å². The van der Waals surface area contributed by atoms with Crippen molar-refractivity contribution in [2.45, 2.75) is 38.6 Å². The summed E-state index contributed by atoms with van der Waals surface area (Å²) in [5.41, 5.74) is 3.43. The molecule has 0 saturated carbocycles. The van der Waals surface area contributed by atoms with Crippen LogP contribution in [0.1, 0.15) is 42.4 Å². The Morgan fingerprint density at radius 2 is 1.57 bits per heavy atom. The number of carboxylic acids is 2. The molecule has 1 aromatic heterocycles. The highest BCUT2D eigenvalue weighted by atomic mass is 19.1. The van der Waals surface area contributed by atoms with E-state index >= 15 is 0 Å². The third-order valence-corrected chi connectivity index (χ3v) is 6.39. The molecule has 0 aliphatic heterocycles. The highest BCUT2D eigenvalue weighted by Gasteiger charge is 2.14. The van der Waals surface area contributed by atoms with E-state index < -0.39 is 11.9 Å². The fourth-order valence-electron chi connectivity index (χ4n) is 4.49. The number of hydrogen-bond acceptors (Lipinski definition) is 4. The van der Waals surface area contributed by atoms with E-state index in [1.54, 1.807) is 18.2 Å². The normalized spacial score (nSPS) is 11.2. The van der Waals surface area contributed by atoms with E-state index in [2.05, 4.69) is 0 Å². The number of aromatic nitrogens is 1. The van der Waals surface area contributed by atoms with Gasteiger partial charge in [-0.25, -0.2) is 4.39 Å². The molecule has 0 amide bonds. The van der Waals surface area contributed by atoms with Gasteiger partial charge in [-0.15, -0.1) is 0 Å². The molecule has 0 radical (unpaired) electrons. The molecule has 0 spiro atoms. The number of ether oxygens (including phenoxy) is 2. The van der Waals surface area contributed by atoms with Crippen LogP contribution in [0.15, 0.2) is 72.9 Å². The van der Waals surface area contributed by atoms with Gasteiger partial charge in [-0.1, -0.05) is 48.6 Å².